The monoisotopic (exact) mass is 471 g/mol. The van der Waals surface area contributed by atoms with Gasteiger partial charge in [-0.15, -0.1) is 6.42 Å². The van der Waals surface area contributed by atoms with Gasteiger partial charge in [-0.05, 0) is 43.3 Å². The zero-order valence-electron chi connectivity index (χ0n) is 20.2. The molecule has 1 atom stereocenters. The lowest BCUT2D eigenvalue weighted by Crippen LogP contribution is -2.44. The van der Waals surface area contributed by atoms with Crippen molar-refractivity contribution in [3.63, 3.8) is 0 Å². The van der Waals surface area contributed by atoms with Crippen molar-refractivity contribution in [3.05, 3.63) is 42.1 Å². The predicted molar refractivity (Wildman–Crippen MR) is 137 cm³/mol. The minimum Gasteiger partial charge on any atom is -0.444 e. The Morgan fingerprint density at radius 1 is 1.14 bits per heavy atom. The summed E-state index contributed by atoms with van der Waals surface area (Å²) in [7, 11) is 2.15. The van der Waals surface area contributed by atoms with Crippen molar-refractivity contribution in [3.8, 4) is 12.3 Å². The molecule has 0 spiro atoms. The molecule has 1 unspecified atom stereocenters. The van der Waals surface area contributed by atoms with E-state index >= 15 is 0 Å². The third-order valence-electron chi connectivity index (χ3n) is 6.56. The van der Waals surface area contributed by atoms with Crippen molar-refractivity contribution in [2.75, 3.05) is 54.9 Å². The summed E-state index contributed by atoms with van der Waals surface area (Å²) < 4.78 is 5.48. The van der Waals surface area contributed by atoms with Gasteiger partial charge in [0.2, 0.25) is 5.95 Å². The molecule has 0 aliphatic carbocycles. The van der Waals surface area contributed by atoms with E-state index in [1.165, 1.54) is 10.6 Å². The molecule has 0 radical (unpaired) electrons. The molecule has 1 N–H and O–H groups in total. The quantitative estimate of drug-likeness (QED) is 0.566. The summed E-state index contributed by atoms with van der Waals surface area (Å²) in [5.74, 6) is 3.71. The summed E-state index contributed by atoms with van der Waals surface area (Å²) in [6.07, 6.45) is 6.80. The van der Waals surface area contributed by atoms with Crippen LogP contribution in [0.3, 0.4) is 0 Å². The topological polar surface area (TPSA) is 86.7 Å². The fourth-order valence-corrected chi connectivity index (χ4v) is 4.28. The van der Waals surface area contributed by atoms with Crippen LogP contribution in [0.2, 0.25) is 0 Å². The van der Waals surface area contributed by atoms with Crippen molar-refractivity contribution in [2.45, 2.75) is 20.0 Å². The van der Waals surface area contributed by atoms with Crippen LogP contribution in [0.1, 0.15) is 19.4 Å². The largest absolute Gasteiger partial charge is 0.444 e. The van der Waals surface area contributed by atoms with Crippen LogP contribution >= 0.6 is 0 Å². The second-order valence-electron chi connectivity index (χ2n) is 9.34. The summed E-state index contributed by atoms with van der Waals surface area (Å²) in [5.41, 5.74) is 3.07. The fourth-order valence-electron chi connectivity index (χ4n) is 4.28. The van der Waals surface area contributed by atoms with Gasteiger partial charge < -0.3 is 19.9 Å². The number of likely N-dealkylation sites (N-methyl/N-ethyl adjacent to an activating group) is 1. The molecule has 3 aromatic rings. The first-order valence-corrected chi connectivity index (χ1v) is 11.8. The average Bonchev–Trinajstić information content (AvgIpc) is 3.26. The van der Waals surface area contributed by atoms with E-state index < -0.39 is 6.09 Å². The molecule has 5 rings (SSSR count). The Kier molecular flexibility index (Phi) is 6.14. The summed E-state index contributed by atoms with van der Waals surface area (Å²) in [6.45, 7) is 8.63. The molecular formula is C26H29N7O2. The van der Waals surface area contributed by atoms with E-state index in [9.17, 15) is 4.79 Å². The summed E-state index contributed by atoms with van der Waals surface area (Å²) in [5, 5.41) is 3.90. The molecule has 0 saturated carbocycles. The Labute approximate surface area is 205 Å². The van der Waals surface area contributed by atoms with E-state index in [1.54, 1.807) is 12.3 Å². The lowest BCUT2D eigenvalue weighted by atomic mass is 10.1. The number of amides is 1. The van der Waals surface area contributed by atoms with Gasteiger partial charge in [0.25, 0.3) is 0 Å². The van der Waals surface area contributed by atoms with Crippen molar-refractivity contribution < 1.29 is 9.53 Å². The van der Waals surface area contributed by atoms with E-state index in [2.05, 4.69) is 55.2 Å². The number of carbonyl (C=O) groups is 1. The molecule has 2 aromatic heterocycles. The van der Waals surface area contributed by atoms with Gasteiger partial charge >= 0.3 is 6.09 Å². The molecule has 2 fully saturated rings. The number of pyridine rings is 1. The normalized spacial score (nSPS) is 18.7. The molecule has 2 aliphatic heterocycles. The van der Waals surface area contributed by atoms with Crippen molar-refractivity contribution >= 4 is 40.3 Å². The predicted octanol–water partition coefficient (Wildman–Crippen LogP) is 3.48. The fraction of sp³-hybridized carbons (Fsp3) is 0.385. The van der Waals surface area contributed by atoms with Gasteiger partial charge in [0.15, 0.2) is 5.65 Å². The van der Waals surface area contributed by atoms with Crippen LogP contribution in [0, 0.1) is 18.3 Å². The van der Waals surface area contributed by atoms with Crippen LogP contribution < -0.4 is 15.1 Å². The van der Waals surface area contributed by atoms with E-state index in [-0.39, 0.29) is 12.0 Å². The van der Waals surface area contributed by atoms with Crippen LogP contribution in [0.15, 0.2) is 36.5 Å². The van der Waals surface area contributed by atoms with Gasteiger partial charge in [-0.3, -0.25) is 4.90 Å². The molecule has 2 saturated heterocycles. The number of nitrogens with zero attached hydrogens (tertiary/aromatic N) is 6. The van der Waals surface area contributed by atoms with Gasteiger partial charge in [0, 0.05) is 49.3 Å². The lowest BCUT2D eigenvalue weighted by molar-refractivity contribution is 0.116. The number of aromatic nitrogens is 3. The highest BCUT2D eigenvalue weighted by Crippen LogP contribution is 2.28. The third-order valence-corrected chi connectivity index (χ3v) is 6.56. The second kappa shape index (κ2) is 9.39. The lowest BCUT2D eigenvalue weighted by Gasteiger charge is -2.34. The maximum Gasteiger partial charge on any atom is 0.415 e. The molecule has 2 aliphatic rings. The maximum absolute atomic E-state index is 12.5. The van der Waals surface area contributed by atoms with Crippen molar-refractivity contribution in [1.29, 1.82) is 0 Å². The number of piperazine rings is 1. The Morgan fingerprint density at radius 2 is 1.89 bits per heavy atom. The van der Waals surface area contributed by atoms with Crippen molar-refractivity contribution in [1.82, 2.24) is 19.9 Å². The van der Waals surface area contributed by atoms with Gasteiger partial charge in [-0.2, -0.15) is 4.98 Å². The first kappa shape index (κ1) is 22.9. The van der Waals surface area contributed by atoms with E-state index in [4.69, 9.17) is 11.2 Å². The smallest absolute Gasteiger partial charge is 0.415 e. The standard InChI is InChI=1S/C26H29N7O2/c1-5-18-14-23(33-16-22(17(2)3)35-26(33)34)29-24-21(18)15-27-25(30-24)28-19-6-8-20(9-7-19)32-12-10-31(4)11-13-32/h1,6-9,14-15,17,22H,10-13,16H2,2-4H3,(H,27,28,29,30). The Morgan fingerprint density at radius 3 is 2.54 bits per heavy atom. The van der Waals surface area contributed by atoms with Crippen LogP contribution in [-0.2, 0) is 4.74 Å². The summed E-state index contributed by atoms with van der Waals surface area (Å²) in [6, 6.07) is 9.95. The van der Waals surface area contributed by atoms with Gasteiger partial charge in [0.05, 0.1) is 11.9 Å². The van der Waals surface area contributed by atoms with Crippen LogP contribution in [0.5, 0.6) is 0 Å². The molecule has 9 nitrogen and oxygen atoms in total. The van der Waals surface area contributed by atoms with E-state index in [0.717, 1.165) is 31.9 Å². The maximum atomic E-state index is 12.5. The molecular weight excluding hydrogens is 442 g/mol. The SMILES string of the molecule is C#Cc1cc(N2CC(C(C)C)OC2=O)nc2nc(Nc3ccc(N4CCN(C)CC4)cc3)ncc12. The molecule has 1 amide bonds. The first-order valence-electron chi connectivity index (χ1n) is 11.8. The molecule has 35 heavy (non-hydrogen) atoms. The molecule has 9 heteroatoms. The van der Waals surface area contributed by atoms with Crippen molar-refractivity contribution in [2.24, 2.45) is 5.92 Å². The molecule has 180 valence electrons. The Bertz CT molecular complexity index is 1280. The number of ether oxygens (including phenoxy) is 1. The van der Waals surface area contributed by atoms with Crippen LogP contribution in [0.25, 0.3) is 11.0 Å². The number of fused-ring (bicyclic) bond motifs is 1. The molecule has 0 bridgehead atoms. The van der Waals surface area contributed by atoms with Crippen LogP contribution in [0.4, 0.5) is 27.9 Å². The minimum absolute atomic E-state index is 0.189. The van der Waals surface area contributed by atoms with E-state index in [0.29, 0.717) is 34.9 Å². The highest BCUT2D eigenvalue weighted by Gasteiger charge is 2.35. The molecule has 4 heterocycles. The number of carbonyl (C=O) groups excluding carboxylic acids is 1. The Balaban J connectivity index is 1.38. The number of nitrogens with one attached hydrogen (secondary N) is 1. The number of cyclic esters (lactones) is 1. The molecule has 1 aromatic carbocycles. The summed E-state index contributed by atoms with van der Waals surface area (Å²) in [4.78, 5) is 32.3. The minimum atomic E-state index is -0.425. The van der Waals surface area contributed by atoms with Gasteiger partial charge in [0.1, 0.15) is 11.9 Å². The number of terminal acetylenes is 1. The average molecular weight is 472 g/mol. The highest BCUT2D eigenvalue weighted by molar-refractivity contribution is 5.92. The number of anilines is 4. The number of hydrogen-bond donors (Lipinski definition) is 1. The highest BCUT2D eigenvalue weighted by atomic mass is 16.6. The van der Waals surface area contributed by atoms with Crippen LogP contribution in [-0.4, -0.2) is 71.8 Å². The van der Waals surface area contributed by atoms with Gasteiger partial charge in [-0.25, -0.2) is 14.8 Å². The zero-order valence-corrected chi connectivity index (χ0v) is 20.2. The van der Waals surface area contributed by atoms with Gasteiger partial charge in [-0.1, -0.05) is 19.8 Å². The summed E-state index contributed by atoms with van der Waals surface area (Å²) >= 11 is 0. The number of benzene rings is 1. The van der Waals surface area contributed by atoms with E-state index in [1.807, 2.05) is 26.0 Å². The first-order chi connectivity index (χ1) is 16.9. The zero-order chi connectivity index (χ0) is 24.5. The second-order valence-corrected chi connectivity index (χ2v) is 9.34. The Hall–Kier alpha value is -3.90. The number of hydrogen-bond acceptors (Lipinski definition) is 8. The number of rotatable bonds is 5. The third kappa shape index (κ3) is 4.70.